The van der Waals surface area contributed by atoms with Gasteiger partial charge >= 0.3 is 0 Å². The first-order valence-electron chi connectivity index (χ1n) is 5.38. The summed E-state index contributed by atoms with van der Waals surface area (Å²) in [5.41, 5.74) is 2.07. The number of aromatic nitrogens is 2. The predicted octanol–water partition coefficient (Wildman–Crippen LogP) is 0.830. The number of rotatable bonds is 4. The van der Waals surface area contributed by atoms with E-state index in [1.165, 1.54) is 36.7 Å². The molecule has 0 unspecified atom stereocenters. The molecule has 0 radical (unpaired) electrons. The van der Waals surface area contributed by atoms with Crippen LogP contribution in [0.4, 0.5) is 11.6 Å². The van der Waals surface area contributed by atoms with Gasteiger partial charge in [-0.1, -0.05) is 0 Å². The number of hydrogen-bond acceptors (Lipinski definition) is 7. The van der Waals surface area contributed by atoms with Crippen LogP contribution in [0.3, 0.4) is 0 Å². The lowest BCUT2D eigenvalue weighted by atomic mass is 10.2. The van der Waals surface area contributed by atoms with E-state index in [0.29, 0.717) is 0 Å². The van der Waals surface area contributed by atoms with E-state index in [1.807, 2.05) is 0 Å². The maximum absolute atomic E-state index is 11.0. The molecule has 0 saturated carbocycles. The van der Waals surface area contributed by atoms with Crippen molar-refractivity contribution in [2.75, 3.05) is 5.43 Å². The molecular formula is C11H9N5O4. The molecule has 102 valence electrons. The van der Waals surface area contributed by atoms with Crippen LogP contribution in [0.2, 0.25) is 0 Å². The number of nitrogens with one attached hydrogen (secondary N) is 2. The van der Waals surface area contributed by atoms with Gasteiger partial charge in [0.05, 0.1) is 11.1 Å². The number of aromatic amines is 1. The minimum absolute atomic E-state index is 0.110. The van der Waals surface area contributed by atoms with Crippen molar-refractivity contribution in [3.8, 4) is 5.75 Å². The monoisotopic (exact) mass is 275 g/mol. The summed E-state index contributed by atoms with van der Waals surface area (Å²) >= 11 is 0. The Morgan fingerprint density at radius 1 is 1.45 bits per heavy atom. The van der Waals surface area contributed by atoms with E-state index < -0.39 is 4.92 Å². The lowest BCUT2D eigenvalue weighted by molar-refractivity contribution is -0.384. The first-order valence-corrected chi connectivity index (χ1v) is 5.38. The summed E-state index contributed by atoms with van der Waals surface area (Å²) in [5, 5.41) is 23.9. The predicted molar refractivity (Wildman–Crippen MR) is 70.8 cm³/mol. The van der Waals surface area contributed by atoms with Crippen molar-refractivity contribution >= 4 is 17.9 Å². The van der Waals surface area contributed by atoms with Crippen molar-refractivity contribution in [1.29, 1.82) is 0 Å². The summed E-state index contributed by atoms with van der Waals surface area (Å²) in [6.45, 7) is 0. The van der Waals surface area contributed by atoms with E-state index >= 15 is 0 Å². The van der Waals surface area contributed by atoms with Crippen LogP contribution in [0.5, 0.6) is 5.75 Å². The molecule has 0 aliphatic rings. The summed E-state index contributed by atoms with van der Waals surface area (Å²) in [4.78, 5) is 27.2. The van der Waals surface area contributed by atoms with Crippen LogP contribution in [0.15, 0.2) is 40.4 Å². The quantitative estimate of drug-likeness (QED) is 0.430. The fourth-order valence-corrected chi connectivity index (χ4v) is 1.35. The molecule has 1 aromatic heterocycles. The molecule has 0 fully saturated rings. The number of non-ortho nitro benzene ring substituents is 1. The number of benzene rings is 1. The van der Waals surface area contributed by atoms with Gasteiger partial charge in [0, 0.05) is 30.0 Å². The van der Waals surface area contributed by atoms with Crippen LogP contribution >= 0.6 is 0 Å². The number of anilines is 1. The van der Waals surface area contributed by atoms with Crippen molar-refractivity contribution in [3.63, 3.8) is 0 Å². The summed E-state index contributed by atoms with van der Waals surface area (Å²) in [5.74, 6) is -0.0469. The molecule has 0 spiro atoms. The SMILES string of the molecule is O=c1ccnc(NN=Cc2cc([N+](=O)[O-])ccc2O)[nH]1. The third-order valence-corrected chi connectivity index (χ3v) is 2.27. The van der Waals surface area contributed by atoms with Crippen molar-refractivity contribution in [1.82, 2.24) is 9.97 Å². The van der Waals surface area contributed by atoms with E-state index in [-0.39, 0.29) is 28.5 Å². The highest BCUT2D eigenvalue weighted by Crippen LogP contribution is 2.21. The Morgan fingerprint density at radius 2 is 2.25 bits per heavy atom. The normalized spacial score (nSPS) is 10.6. The van der Waals surface area contributed by atoms with Gasteiger partial charge in [-0.05, 0) is 6.07 Å². The fourth-order valence-electron chi connectivity index (χ4n) is 1.35. The smallest absolute Gasteiger partial charge is 0.270 e. The van der Waals surface area contributed by atoms with Crippen LogP contribution in [0.25, 0.3) is 0 Å². The maximum Gasteiger partial charge on any atom is 0.270 e. The number of aromatic hydroxyl groups is 1. The molecule has 9 nitrogen and oxygen atoms in total. The van der Waals surface area contributed by atoms with Crippen molar-refractivity contribution in [3.05, 3.63) is 56.5 Å². The summed E-state index contributed by atoms with van der Waals surface area (Å²) < 4.78 is 0. The zero-order chi connectivity index (χ0) is 14.5. The first-order chi connectivity index (χ1) is 9.56. The second kappa shape index (κ2) is 5.61. The van der Waals surface area contributed by atoms with E-state index in [9.17, 15) is 20.0 Å². The number of nitro groups is 1. The van der Waals surface area contributed by atoms with Gasteiger partial charge in [0.1, 0.15) is 5.75 Å². The van der Waals surface area contributed by atoms with E-state index in [2.05, 4.69) is 20.5 Å². The molecule has 2 rings (SSSR count). The van der Waals surface area contributed by atoms with Gasteiger partial charge in [0.25, 0.3) is 11.2 Å². The van der Waals surface area contributed by atoms with E-state index in [1.54, 1.807) is 0 Å². The molecule has 1 heterocycles. The summed E-state index contributed by atoms with van der Waals surface area (Å²) in [6, 6.07) is 4.78. The number of hydrogen-bond donors (Lipinski definition) is 3. The zero-order valence-electron chi connectivity index (χ0n) is 9.98. The number of hydrazone groups is 1. The maximum atomic E-state index is 11.0. The molecule has 2 aromatic rings. The molecule has 9 heteroatoms. The minimum Gasteiger partial charge on any atom is -0.507 e. The second-order valence-corrected chi connectivity index (χ2v) is 3.65. The number of H-pyrrole nitrogens is 1. The molecule has 0 bridgehead atoms. The molecule has 0 saturated heterocycles. The highest BCUT2D eigenvalue weighted by molar-refractivity contribution is 5.84. The average Bonchev–Trinajstić information content (AvgIpc) is 2.40. The summed E-state index contributed by atoms with van der Waals surface area (Å²) in [7, 11) is 0. The van der Waals surface area contributed by atoms with Crippen LogP contribution in [0.1, 0.15) is 5.56 Å². The molecule has 0 aliphatic carbocycles. The van der Waals surface area contributed by atoms with Crippen LogP contribution in [-0.4, -0.2) is 26.2 Å². The number of phenols is 1. The molecule has 1 aromatic carbocycles. The fraction of sp³-hybridized carbons (Fsp3) is 0. The average molecular weight is 275 g/mol. The van der Waals surface area contributed by atoms with Crippen LogP contribution in [-0.2, 0) is 0 Å². The van der Waals surface area contributed by atoms with E-state index in [0.717, 1.165) is 0 Å². The molecule has 0 aliphatic heterocycles. The van der Waals surface area contributed by atoms with Gasteiger partial charge in [-0.15, -0.1) is 0 Å². The third-order valence-electron chi connectivity index (χ3n) is 2.27. The van der Waals surface area contributed by atoms with Gasteiger partial charge in [0.2, 0.25) is 5.95 Å². The van der Waals surface area contributed by atoms with Crippen molar-refractivity contribution in [2.24, 2.45) is 5.10 Å². The lowest BCUT2D eigenvalue weighted by Crippen LogP contribution is -2.08. The zero-order valence-corrected chi connectivity index (χ0v) is 9.98. The van der Waals surface area contributed by atoms with Gasteiger partial charge in [-0.25, -0.2) is 10.4 Å². The number of nitrogens with zero attached hydrogens (tertiary/aromatic N) is 3. The minimum atomic E-state index is -0.583. The van der Waals surface area contributed by atoms with Crippen molar-refractivity contribution < 1.29 is 10.0 Å². The lowest BCUT2D eigenvalue weighted by Gasteiger charge is -1.99. The Balaban J connectivity index is 2.17. The topological polar surface area (TPSA) is 134 Å². The van der Waals surface area contributed by atoms with Gasteiger partial charge in [-0.2, -0.15) is 5.10 Å². The van der Waals surface area contributed by atoms with Crippen molar-refractivity contribution in [2.45, 2.75) is 0 Å². The summed E-state index contributed by atoms with van der Waals surface area (Å²) in [6.07, 6.45) is 2.47. The number of phenolic OH excluding ortho intramolecular Hbond substituents is 1. The highest BCUT2D eigenvalue weighted by atomic mass is 16.6. The Morgan fingerprint density at radius 3 is 2.95 bits per heavy atom. The van der Waals surface area contributed by atoms with Crippen LogP contribution < -0.4 is 11.0 Å². The standard InChI is InChI=1S/C11H9N5O4/c17-9-2-1-8(16(19)20)5-7(9)6-13-15-11-12-4-3-10(18)14-11/h1-6,17H,(H2,12,14,15,18). The first kappa shape index (κ1) is 13.2. The van der Waals surface area contributed by atoms with Crippen LogP contribution in [0, 0.1) is 10.1 Å². The Bertz CT molecular complexity index is 725. The third kappa shape index (κ3) is 3.16. The highest BCUT2D eigenvalue weighted by Gasteiger charge is 2.08. The second-order valence-electron chi connectivity index (χ2n) is 3.65. The Labute approximate surface area is 111 Å². The molecular weight excluding hydrogens is 266 g/mol. The largest absolute Gasteiger partial charge is 0.507 e. The Hall–Kier alpha value is -3.23. The Kier molecular flexibility index (Phi) is 3.70. The molecule has 20 heavy (non-hydrogen) atoms. The molecule has 3 N–H and O–H groups in total. The molecule has 0 amide bonds. The van der Waals surface area contributed by atoms with E-state index in [4.69, 9.17) is 0 Å². The van der Waals surface area contributed by atoms with Gasteiger partial charge < -0.3 is 5.11 Å². The number of nitro benzene ring substituents is 1. The molecule has 0 atom stereocenters. The van der Waals surface area contributed by atoms with Gasteiger partial charge in [-0.3, -0.25) is 19.9 Å². The van der Waals surface area contributed by atoms with Gasteiger partial charge in [0.15, 0.2) is 0 Å².